The van der Waals surface area contributed by atoms with E-state index in [1.165, 1.54) is 0 Å². The van der Waals surface area contributed by atoms with Crippen LogP contribution in [0.25, 0.3) is 0 Å². The predicted octanol–water partition coefficient (Wildman–Crippen LogP) is 1.14. The zero-order valence-electron chi connectivity index (χ0n) is 9.67. The van der Waals surface area contributed by atoms with Crippen LogP contribution in [0.1, 0.15) is 13.8 Å². The molecule has 0 aliphatic carbocycles. The Balaban J connectivity index is 1.76. The van der Waals surface area contributed by atoms with Gasteiger partial charge in [0.25, 0.3) is 8.53 Å². The van der Waals surface area contributed by atoms with Gasteiger partial charge >= 0.3 is 0 Å². The third-order valence-corrected chi connectivity index (χ3v) is 5.30. The number of hydrogen-bond acceptors (Lipinski definition) is 5. The second-order valence-corrected chi connectivity index (χ2v) is 5.72. The first kappa shape index (κ1) is 11.3. The summed E-state index contributed by atoms with van der Waals surface area (Å²) in [4.78, 5) is 0. The Kier molecular flexibility index (Phi) is 3.17. The molecule has 3 aliphatic heterocycles. The van der Waals surface area contributed by atoms with Crippen LogP contribution in [0.5, 0.6) is 0 Å². The molecule has 3 heterocycles. The van der Waals surface area contributed by atoms with Gasteiger partial charge in [-0.05, 0) is 0 Å². The molecule has 3 saturated heterocycles. The van der Waals surface area contributed by atoms with Crippen molar-refractivity contribution in [1.82, 2.24) is 4.67 Å². The van der Waals surface area contributed by atoms with Gasteiger partial charge in [-0.1, -0.05) is 13.8 Å². The Morgan fingerprint density at radius 2 is 1.50 bits per heavy atom. The van der Waals surface area contributed by atoms with Gasteiger partial charge in [-0.25, -0.2) is 4.67 Å². The minimum atomic E-state index is -0.918. The van der Waals surface area contributed by atoms with Crippen LogP contribution in [0.3, 0.4) is 0 Å². The Hall–Kier alpha value is 0.230. The molecule has 0 spiro atoms. The lowest BCUT2D eigenvalue weighted by atomic mass is 10.1. The lowest BCUT2D eigenvalue weighted by Crippen LogP contribution is -2.30. The summed E-state index contributed by atoms with van der Waals surface area (Å²) in [6, 6.07) is 0. The van der Waals surface area contributed by atoms with Crippen molar-refractivity contribution in [3.8, 4) is 0 Å². The van der Waals surface area contributed by atoms with Gasteiger partial charge in [-0.2, -0.15) is 0 Å². The highest BCUT2D eigenvalue weighted by Gasteiger charge is 2.54. The van der Waals surface area contributed by atoms with Gasteiger partial charge in [-0.3, -0.25) is 0 Å². The van der Waals surface area contributed by atoms with E-state index in [1.807, 2.05) is 0 Å². The van der Waals surface area contributed by atoms with Crippen LogP contribution in [-0.2, 0) is 18.5 Å². The largest absolute Gasteiger partial charge is 0.370 e. The fourth-order valence-corrected chi connectivity index (χ4v) is 4.06. The molecule has 4 bridgehead atoms. The Morgan fingerprint density at radius 3 is 1.94 bits per heavy atom. The van der Waals surface area contributed by atoms with Crippen molar-refractivity contribution in [3.63, 3.8) is 0 Å². The molecule has 4 unspecified atom stereocenters. The lowest BCUT2D eigenvalue weighted by Gasteiger charge is -2.32. The van der Waals surface area contributed by atoms with Gasteiger partial charge in [0.2, 0.25) is 0 Å². The number of ether oxygens (including phenoxy) is 2. The van der Waals surface area contributed by atoms with Crippen molar-refractivity contribution in [3.05, 3.63) is 0 Å². The molecule has 3 fully saturated rings. The van der Waals surface area contributed by atoms with Crippen LogP contribution in [0.4, 0.5) is 0 Å². The maximum atomic E-state index is 6.00. The van der Waals surface area contributed by atoms with Crippen LogP contribution in [0.2, 0.25) is 0 Å². The average molecular weight is 247 g/mol. The summed E-state index contributed by atoms with van der Waals surface area (Å²) >= 11 is 0. The Bertz CT molecular complexity index is 243. The molecule has 5 nitrogen and oxygen atoms in total. The third kappa shape index (κ3) is 1.70. The summed E-state index contributed by atoms with van der Waals surface area (Å²) in [6.07, 6.45) is 0.301. The Morgan fingerprint density at radius 1 is 1.00 bits per heavy atom. The second-order valence-electron chi connectivity index (χ2n) is 4.26. The second kappa shape index (κ2) is 4.48. The molecule has 3 aliphatic rings. The van der Waals surface area contributed by atoms with Crippen molar-refractivity contribution in [2.24, 2.45) is 0 Å². The molecule has 0 N–H and O–H groups in total. The minimum Gasteiger partial charge on any atom is -0.370 e. The predicted molar refractivity (Wildman–Crippen MR) is 59.1 cm³/mol. The summed E-state index contributed by atoms with van der Waals surface area (Å²) in [5, 5.41) is 0. The van der Waals surface area contributed by atoms with E-state index in [-0.39, 0.29) is 24.4 Å². The maximum Gasteiger partial charge on any atom is 0.259 e. The molecule has 3 rings (SSSR count). The van der Waals surface area contributed by atoms with E-state index < -0.39 is 8.53 Å². The fraction of sp³-hybridized carbons (Fsp3) is 1.00. The van der Waals surface area contributed by atoms with Crippen LogP contribution < -0.4 is 0 Å². The molecule has 4 atom stereocenters. The smallest absolute Gasteiger partial charge is 0.259 e. The first-order chi connectivity index (χ1) is 7.83. The lowest BCUT2D eigenvalue weighted by molar-refractivity contribution is -0.0191. The van der Waals surface area contributed by atoms with Crippen LogP contribution in [0, 0.1) is 0 Å². The zero-order chi connectivity index (χ0) is 11.1. The summed E-state index contributed by atoms with van der Waals surface area (Å²) in [6.45, 7) is 7.47. The molecule has 0 aromatic rings. The van der Waals surface area contributed by atoms with Gasteiger partial charge in [0, 0.05) is 13.1 Å². The van der Waals surface area contributed by atoms with E-state index in [1.54, 1.807) is 0 Å². The van der Waals surface area contributed by atoms with E-state index >= 15 is 0 Å². The normalized spacial score (nSPS) is 46.3. The molecule has 0 aromatic heterocycles. The van der Waals surface area contributed by atoms with Crippen LogP contribution in [0.15, 0.2) is 0 Å². The third-order valence-electron chi connectivity index (χ3n) is 3.37. The molecular weight excluding hydrogens is 229 g/mol. The van der Waals surface area contributed by atoms with Crippen molar-refractivity contribution in [1.29, 1.82) is 0 Å². The number of hydrogen-bond donors (Lipinski definition) is 0. The molecule has 16 heavy (non-hydrogen) atoms. The van der Waals surface area contributed by atoms with Gasteiger partial charge in [0.15, 0.2) is 0 Å². The van der Waals surface area contributed by atoms with Gasteiger partial charge < -0.3 is 18.5 Å². The maximum absolute atomic E-state index is 6.00. The summed E-state index contributed by atoms with van der Waals surface area (Å²) in [5.74, 6) is 0. The van der Waals surface area contributed by atoms with Crippen molar-refractivity contribution < 1.29 is 18.5 Å². The van der Waals surface area contributed by atoms with Crippen molar-refractivity contribution >= 4 is 8.53 Å². The summed E-state index contributed by atoms with van der Waals surface area (Å²) in [5.41, 5.74) is 0. The van der Waals surface area contributed by atoms with Gasteiger partial charge in [-0.15, -0.1) is 0 Å². The van der Waals surface area contributed by atoms with Gasteiger partial charge in [0.1, 0.15) is 24.4 Å². The molecule has 6 heteroatoms. The van der Waals surface area contributed by atoms with E-state index in [9.17, 15) is 0 Å². The van der Waals surface area contributed by atoms with Crippen molar-refractivity contribution in [2.75, 3.05) is 26.3 Å². The standard InChI is InChI=1S/C10H18NO4P/c1-3-11(4-2)16-14-7-5-12-10-8(15-16)6-13-9(7)10/h7-10H,3-6H2,1-2H3. The zero-order valence-corrected chi connectivity index (χ0v) is 10.6. The van der Waals surface area contributed by atoms with Crippen molar-refractivity contribution in [2.45, 2.75) is 38.3 Å². The molecule has 0 aromatic carbocycles. The van der Waals surface area contributed by atoms with E-state index in [2.05, 4.69) is 18.5 Å². The summed E-state index contributed by atoms with van der Waals surface area (Å²) < 4.78 is 25.6. The summed E-state index contributed by atoms with van der Waals surface area (Å²) in [7, 11) is -0.918. The molecule has 0 radical (unpaired) electrons. The fourth-order valence-electron chi connectivity index (χ4n) is 2.45. The molecule has 0 saturated carbocycles. The average Bonchev–Trinajstić information content (AvgIpc) is 2.75. The van der Waals surface area contributed by atoms with E-state index in [0.29, 0.717) is 13.2 Å². The monoisotopic (exact) mass is 247 g/mol. The number of rotatable bonds is 3. The first-order valence-electron chi connectivity index (χ1n) is 5.95. The topological polar surface area (TPSA) is 40.2 Å². The highest BCUT2D eigenvalue weighted by molar-refractivity contribution is 7.44. The highest BCUT2D eigenvalue weighted by atomic mass is 31.2. The minimum absolute atomic E-state index is 0.0595. The van der Waals surface area contributed by atoms with Gasteiger partial charge in [0.05, 0.1) is 13.2 Å². The molecule has 92 valence electrons. The quantitative estimate of drug-likeness (QED) is 0.699. The molecular formula is C10H18NO4P. The highest BCUT2D eigenvalue weighted by Crippen LogP contribution is 2.52. The number of nitrogens with zero attached hydrogens (tertiary/aromatic N) is 1. The SMILES string of the molecule is CCN(CC)P1OC2COC3C(COC23)O1. The Labute approximate surface area is 96.9 Å². The molecule has 0 amide bonds. The van der Waals surface area contributed by atoms with Crippen LogP contribution in [-0.4, -0.2) is 55.4 Å². The van der Waals surface area contributed by atoms with E-state index in [0.717, 1.165) is 13.1 Å². The first-order valence-corrected chi connectivity index (χ1v) is 7.08. The van der Waals surface area contributed by atoms with Crippen LogP contribution >= 0.6 is 8.53 Å². The van der Waals surface area contributed by atoms with E-state index in [4.69, 9.17) is 18.5 Å².